The van der Waals surface area contributed by atoms with Crippen molar-refractivity contribution in [3.8, 4) is 17.0 Å². The maximum absolute atomic E-state index is 12.9. The van der Waals surface area contributed by atoms with Gasteiger partial charge in [0.2, 0.25) is 0 Å². The smallest absolute Gasteiger partial charge is 0.341 e. The lowest BCUT2D eigenvalue weighted by Crippen LogP contribution is -2.11. The summed E-state index contributed by atoms with van der Waals surface area (Å²) in [6, 6.07) is 11.6. The molecule has 3 heterocycles. The van der Waals surface area contributed by atoms with Crippen molar-refractivity contribution in [1.82, 2.24) is 14.3 Å². The molecule has 0 saturated heterocycles. The van der Waals surface area contributed by atoms with Crippen LogP contribution in [0.2, 0.25) is 0 Å². The molecule has 8 heteroatoms. The van der Waals surface area contributed by atoms with E-state index in [9.17, 15) is 14.7 Å². The normalized spacial score (nSPS) is 15.2. The molecular formula is C32H33N3O5. The number of hydrogen-bond acceptors (Lipinski definition) is 5. The van der Waals surface area contributed by atoms with Crippen molar-refractivity contribution in [2.45, 2.75) is 51.5 Å². The van der Waals surface area contributed by atoms with Gasteiger partial charge in [0.05, 0.1) is 43.4 Å². The minimum absolute atomic E-state index is 0.249. The zero-order valence-electron chi connectivity index (χ0n) is 23.3. The van der Waals surface area contributed by atoms with E-state index in [1.54, 1.807) is 30.8 Å². The first-order chi connectivity index (χ1) is 19.3. The molecule has 0 radical (unpaired) electrons. The summed E-state index contributed by atoms with van der Waals surface area (Å²) in [5.41, 5.74) is 8.13. The second-order valence-electron chi connectivity index (χ2n) is 10.8. The van der Waals surface area contributed by atoms with Gasteiger partial charge in [-0.2, -0.15) is 5.10 Å². The molecule has 6 rings (SSSR count). The van der Waals surface area contributed by atoms with Crippen LogP contribution in [0.3, 0.4) is 0 Å². The summed E-state index contributed by atoms with van der Waals surface area (Å²) in [6.45, 7) is 2.24. The maximum Gasteiger partial charge on any atom is 0.341 e. The topological polar surface area (TPSA) is 95.6 Å². The van der Waals surface area contributed by atoms with Gasteiger partial charge in [0, 0.05) is 23.5 Å². The first-order valence-corrected chi connectivity index (χ1v) is 13.7. The Morgan fingerprint density at radius 3 is 2.50 bits per heavy atom. The van der Waals surface area contributed by atoms with Crippen LogP contribution < -0.4 is 4.74 Å². The molecule has 1 saturated carbocycles. The van der Waals surface area contributed by atoms with Crippen LogP contribution in [0.4, 0.5) is 0 Å². The number of ether oxygens (including phenoxy) is 2. The highest BCUT2D eigenvalue weighted by Crippen LogP contribution is 2.48. The van der Waals surface area contributed by atoms with Gasteiger partial charge in [0.1, 0.15) is 11.3 Å². The van der Waals surface area contributed by atoms with E-state index in [4.69, 9.17) is 9.47 Å². The van der Waals surface area contributed by atoms with Crippen molar-refractivity contribution in [2.75, 3.05) is 14.2 Å². The van der Waals surface area contributed by atoms with Gasteiger partial charge in [-0.25, -0.2) is 9.59 Å². The van der Waals surface area contributed by atoms with Crippen LogP contribution in [0.15, 0.2) is 36.4 Å². The summed E-state index contributed by atoms with van der Waals surface area (Å²) in [5, 5.41) is 15.5. The first kappa shape index (κ1) is 25.9. The number of allylic oxidation sites excluding steroid dienone is 1. The molecule has 8 nitrogen and oxygen atoms in total. The highest BCUT2D eigenvalue weighted by atomic mass is 16.5. The summed E-state index contributed by atoms with van der Waals surface area (Å²) in [6.07, 6.45) is 7.91. The van der Waals surface area contributed by atoms with Gasteiger partial charge in [-0.05, 0) is 78.8 Å². The maximum atomic E-state index is 12.9. The Balaban J connectivity index is 1.70. The number of fused-ring (bicyclic) bond motifs is 5. The number of aryl methyl sites for hydroxylation is 2. The van der Waals surface area contributed by atoms with Gasteiger partial charge in [-0.1, -0.05) is 25.3 Å². The fourth-order valence-corrected chi connectivity index (χ4v) is 6.69. The summed E-state index contributed by atoms with van der Waals surface area (Å²) in [5.74, 6) is -0.281. The third kappa shape index (κ3) is 4.10. The molecule has 0 spiro atoms. The fraction of sp³-hybridized carbons (Fsp3) is 0.344. The van der Waals surface area contributed by atoms with Crippen LogP contribution in [-0.2, 0) is 18.3 Å². The van der Waals surface area contributed by atoms with Crippen LogP contribution in [-0.4, -0.2) is 45.6 Å². The van der Waals surface area contributed by atoms with E-state index in [1.165, 1.54) is 31.9 Å². The summed E-state index contributed by atoms with van der Waals surface area (Å²) >= 11 is 0. The molecule has 1 fully saturated rings. The Labute approximate surface area is 232 Å². The van der Waals surface area contributed by atoms with E-state index < -0.39 is 11.9 Å². The second-order valence-corrected chi connectivity index (χ2v) is 10.8. The molecule has 2 aliphatic rings. The number of rotatable bonds is 5. The molecule has 1 aliphatic heterocycles. The number of carbonyl (C=O) groups is 2. The molecule has 0 unspecified atom stereocenters. The van der Waals surface area contributed by atoms with Gasteiger partial charge >= 0.3 is 11.9 Å². The van der Waals surface area contributed by atoms with E-state index in [-0.39, 0.29) is 5.56 Å². The SMILES string of the molecule is COC(=O)c1c(C)nn(C)c1C1=Cc2cc(OC)ccc2-c2c(C3CCCCC3)c3ccc(C(=O)O)cc3n2C1. The lowest BCUT2D eigenvalue weighted by Gasteiger charge is -2.24. The molecule has 40 heavy (non-hydrogen) atoms. The molecule has 1 N–H and O–H groups in total. The third-order valence-electron chi connectivity index (χ3n) is 8.45. The Morgan fingerprint density at radius 1 is 1.02 bits per heavy atom. The average molecular weight is 540 g/mol. The predicted octanol–water partition coefficient (Wildman–Crippen LogP) is 6.45. The van der Waals surface area contributed by atoms with E-state index >= 15 is 0 Å². The van der Waals surface area contributed by atoms with Crippen LogP contribution in [0.1, 0.15) is 81.3 Å². The molecule has 0 atom stereocenters. The van der Waals surface area contributed by atoms with Gasteiger partial charge in [0.15, 0.2) is 0 Å². The standard InChI is InChI=1S/C32H33N3O5/c1-18-27(32(38)40-4)29(34(2)33-18)22-14-21-15-23(39-3)11-13-24(21)30-28(19-8-6-5-7-9-19)25-12-10-20(31(36)37)16-26(25)35(30)17-22/h10-16,19H,5-9,17H2,1-4H3,(H,36,37). The van der Waals surface area contributed by atoms with Gasteiger partial charge in [-0.3, -0.25) is 4.68 Å². The van der Waals surface area contributed by atoms with Crippen molar-refractivity contribution in [2.24, 2.45) is 7.05 Å². The highest BCUT2D eigenvalue weighted by molar-refractivity contribution is 6.03. The zero-order chi connectivity index (χ0) is 28.1. The minimum Gasteiger partial charge on any atom is -0.497 e. The number of nitrogens with zero attached hydrogens (tertiary/aromatic N) is 3. The number of carboxylic acid groups (broad SMARTS) is 1. The molecule has 2 aromatic heterocycles. The number of carboxylic acids is 1. The average Bonchev–Trinajstić information content (AvgIpc) is 3.38. The van der Waals surface area contributed by atoms with Crippen LogP contribution in [0.25, 0.3) is 33.8 Å². The van der Waals surface area contributed by atoms with Gasteiger partial charge < -0.3 is 19.1 Å². The molecule has 0 bridgehead atoms. The van der Waals surface area contributed by atoms with Gasteiger partial charge in [-0.15, -0.1) is 0 Å². The fourth-order valence-electron chi connectivity index (χ4n) is 6.69. The quantitative estimate of drug-likeness (QED) is 0.293. The van der Waals surface area contributed by atoms with Crippen LogP contribution >= 0.6 is 0 Å². The van der Waals surface area contributed by atoms with E-state index in [1.807, 2.05) is 25.2 Å². The summed E-state index contributed by atoms with van der Waals surface area (Å²) < 4.78 is 14.7. The Hall–Kier alpha value is -4.33. The van der Waals surface area contributed by atoms with Crippen molar-refractivity contribution in [3.05, 3.63) is 70.0 Å². The van der Waals surface area contributed by atoms with E-state index in [0.29, 0.717) is 29.4 Å². The second kappa shape index (κ2) is 10.0. The predicted molar refractivity (Wildman–Crippen MR) is 154 cm³/mol. The molecule has 0 amide bonds. The molecule has 2 aromatic carbocycles. The number of hydrogen-bond donors (Lipinski definition) is 1. The number of esters is 1. The number of aromatic nitrogens is 3. The largest absolute Gasteiger partial charge is 0.497 e. The number of aromatic carboxylic acids is 1. The van der Waals surface area contributed by atoms with Crippen molar-refractivity contribution < 1.29 is 24.2 Å². The number of benzene rings is 2. The Morgan fingerprint density at radius 2 is 1.80 bits per heavy atom. The molecule has 206 valence electrons. The highest BCUT2D eigenvalue weighted by Gasteiger charge is 2.32. The van der Waals surface area contributed by atoms with Crippen molar-refractivity contribution in [3.63, 3.8) is 0 Å². The number of methoxy groups -OCH3 is 2. The number of carbonyl (C=O) groups excluding carboxylic acids is 1. The van der Waals surface area contributed by atoms with E-state index in [2.05, 4.69) is 21.8 Å². The Bertz CT molecular complexity index is 1700. The summed E-state index contributed by atoms with van der Waals surface area (Å²) in [7, 11) is 4.86. The van der Waals surface area contributed by atoms with Gasteiger partial charge in [0.25, 0.3) is 0 Å². The lowest BCUT2D eigenvalue weighted by atomic mass is 9.81. The molecule has 4 aromatic rings. The molecular weight excluding hydrogens is 506 g/mol. The lowest BCUT2D eigenvalue weighted by molar-refractivity contribution is 0.0598. The van der Waals surface area contributed by atoms with Crippen LogP contribution in [0.5, 0.6) is 5.75 Å². The monoisotopic (exact) mass is 539 g/mol. The van der Waals surface area contributed by atoms with Crippen molar-refractivity contribution >= 4 is 34.5 Å². The van der Waals surface area contributed by atoms with Crippen molar-refractivity contribution in [1.29, 1.82) is 0 Å². The van der Waals surface area contributed by atoms with Crippen LogP contribution in [0, 0.1) is 6.92 Å². The summed E-state index contributed by atoms with van der Waals surface area (Å²) in [4.78, 5) is 25.0. The third-order valence-corrected chi connectivity index (χ3v) is 8.45. The minimum atomic E-state index is -0.957. The zero-order valence-corrected chi connectivity index (χ0v) is 23.3. The molecule has 1 aliphatic carbocycles. The first-order valence-electron chi connectivity index (χ1n) is 13.7. The Kier molecular flexibility index (Phi) is 6.49. The van der Waals surface area contributed by atoms with E-state index in [0.717, 1.165) is 51.9 Å².